The maximum atomic E-state index is 13.1. The van der Waals surface area contributed by atoms with Crippen LogP contribution in [0.15, 0.2) is 54.7 Å². The van der Waals surface area contributed by atoms with Crippen LogP contribution in [-0.2, 0) is 23.8 Å². The average Bonchev–Trinajstić information content (AvgIpc) is 2.87. The number of rotatable bonds is 6. The Bertz CT molecular complexity index is 1290. The van der Waals surface area contributed by atoms with Crippen molar-refractivity contribution < 1.29 is 32.2 Å². The molecule has 0 bridgehead atoms. The van der Waals surface area contributed by atoms with Gasteiger partial charge in [-0.2, -0.15) is 13.2 Å². The Hall–Kier alpha value is -4.08. The molecule has 1 aliphatic heterocycles. The van der Waals surface area contributed by atoms with Crippen LogP contribution in [0, 0.1) is 0 Å². The van der Waals surface area contributed by atoms with E-state index >= 15 is 0 Å². The molecule has 0 radical (unpaired) electrons. The third-order valence-corrected chi connectivity index (χ3v) is 5.85. The molecule has 2 aromatic carbocycles. The molecule has 2 amide bonds. The van der Waals surface area contributed by atoms with Crippen molar-refractivity contribution in [2.24, 2.45) is 0 Å². The maximum Gasteiger partial charge on any atom is 0.416 e. The first-order valence-corrected chi connectivity index (χ1v) is 11.2. The number of anilines is 2. The van der Waals surface area contributed by atoms with Crippen molar-refractivity contribution >= 4 is 23.2 Å². The van der Waals surface area contributed by atoms with Crippen molar-refractivity contribution in [3.63, 3.8) is 0 Å². The van der Waals surface area contributed by atoms with Gasteiger partial charge >= 0.3 is 6.18 Å². The number of nitrogens with zero attached hydrogens (tertiary/aromatic N) is 2. The van der Waals surface area contributed by atoms with Crippen molar-refractivity contribution in [3.05, 3.63) is 77.1 Å². The number of methoxy groups -OCH3 is 2. The number of fused-ring (bicyclic) bond motifs is 1. The Balaban J connectivity index is 1.54. The van der Waals surface area contributed by atoms with Crippen LogP contribution in [0.5, 0.6) is 11.5 Å². The average molecular weight is 499 g/mol. The highest BCUT2D eigenvalue weighted by Gasteiger charge is 2.31. The first kappa shape index (κ1) is 25.0. The van der Waals surface area contributed by atoms with Crippen LogP contribution >= 0.6 is 0 Å². The third-order valence-electron chi connectivity index (χ3n) is 5.85. The quantitative estimate of drug-likeness (QED) is 0.522. The van der Waals surface area contributed by atoms with Crippen molar-refractivity contribution in [3.8, 4) is 11.5 Å². The van der Waals surface area contributed by atoms with Gasteiger partial charge in [-0.3, -0.25) is 14.6 Å². The largest absolute Gasteiger partial charge is 0.493 e. The van der Waals surface area contributed by atoms with Gasteiger partial charge < -0.3 is 19.7 Å². The predicted octanol–water partition coefficient (Wildman–Crippen LogP) is 4.89. The fourth-order valence-corrected chi connectivity index (χ4v) is 4.06. The Morgan fingerprint density at radius 1 is 1.06 bits per heavy atom. The fraction of sp³-hybridized carbons (Fsp3) is 0.269. The van der Waals surface area contributed by atoms with Crippen molar-refractivity contribution in [2.45, 2.75) is 25.4 Å². The summed E-state index contributed by atoms with van der Waals surface area (Å²) in [4.78, 5) is 31.9. The van der Waals surface area contributed by atoms with E-state index in [9.17, 15) is 22.8 Å². The smallest absolute Gasteiger partial charge is 0.416 e. The lowest BCUT2D eigenvalue weighted by Gasteiger charge is -2.29. The van der Waals surface area contributed by atoms with E-state index in [-0.39, 0.29) is 23.5 Å². The van der Waals surface area contributed by atoms with Crippen LogP contribution in [0.2, 0.25) is 0 Å². The normalized spacial score (nSPS) is 13.1. The number of nitrogens with one attached hydrogen (secondary N) is 1. The number of aromatic nitrogens is 1. The number of halogens is 3. The van der Waals surface area contributed by atoms with Crippen molar-refractivity contribution in [1.82, 2.24) is 4.98 Å². The Morgan fingerprint density at radius 2 is 1.83 bits per heavy atom. The molecule has 0 saturated carbocycles. The minimum atomic E-state index is -4.49. The topological polar surface area (TPSA) is 80.8 Å². The highest BCUT2D eigenvalue weighted by atomic mass is 19.4. The molecule has 0 aliphatic carbocycles. The van der Waals surface area contributed by atoms with Gasteiger partial charge in [0.2, 0.25) is 5.91 Å². The Kier molecular flexibility index (Phi) is 7.14. The Labute approximate surface area is 205 Å². The van der Waals surface area contributed by atoms with E-state index < -0.39 is 17.6 Å². The van der Waals surface area contributed by atoms with Gasteiger partial charge in [0.1, 0.15) is 0 Å². The lowest BCUT2D eigenvalue weighted by atomic mass is 10.0. The molecule has 0 atom stereocenters. The zero-order valence-corrected chi connectivity index (χ0v) is 19.7. The lowest BCUT2D eigenvalue weighted by Crippen LogP contribution is -2.37. The number of carbonyl (C=O) groups is 2. The van der Waals surface area contributed by atoms with E-state index in [4.69, 9.17) is 9.47 Å². The molecule has 1 N–H and O–H groups in total. The van der Waals surface area contributed by atoms with Crippen LogP contribution in [-0.4, -0.2) is 37.6 Å². The SMILES string of the molecule is COc1ccc(NC(=O)c2cnc3c(c2)N(C(=O)Cc2cccc(C(F)(F)F)c2)CCC3)cc1OC. The summed E-state index contributed by atoms with van der Waals surface area (Å²) in [6, 6.07) is 11.3. The minimum Gasteiger partial charge on any atom is -0.493 e. The monoisotopic (exact) mass is 499 g/mol. The van der Waals surface area contributed by atoms with Gasteiger partial charge in [0.25, 0.3) is 5.91 Å². The molecule has 0 unspecified atom stereocenters. The van der Waals surface area contributed by atoms with Crippen LogP contribution in [0.1, 0.15) is 33.6 Å². The predicted molar refractivity (Wildman–Crippen MR) is 128 cm³/mol. The number of benzene rings is 2. The van der Waals surface area contributed by atoms with Gasteiger partial charge in [-0.1, -0.05) is 18.2 Å². The molecule has 0 saturated heterocycles. The highest BCUT2D eigenvalue weighted by Crippen LogP contribution is 2.32. The molecule has 1 aliphatic rings. The summed E-state index contributed by atoms with van der Waals surface area (Å²) in [6.45, 7) is 0.382. The summed E-state index contributed by atoms with van der Waals surface area (Å²) in [5.41, 5.74) is 1.31. The molecule has 2 heterocycles. The molecule has 10 heteroatoms. The zero-order chi connectivity index (χ0) is 25.9. The van der Waals surface area contributed by atoms with E-state index in [1.165, 1.54) is 37.4 Å². The van der Waals surface area contributed by atoms with E-state index in [1.807, 2.05) is 0 Å². The number of alkyl halides is 3. The summed E-state index contributed by atoms with van der Waals surface area (Å²) in [7, 11) is 3.00. The number of hydrogen-bond donors (Lipinski definition) is 1. The van der Waals surface area contributed by atoms with Gasteiger partial charge in [-0.25, -0.2) is 0 Å². The maximum absolute atomic E-state index is 13.1. The molecular formula is C26H24F3N3O4. The van der Waals surface area contributed by atoms with E-state index in [1.54, 1.807) is 24.3 Å². The summed E-state index contributed by atoms with van der Waals surface area (Å²) in [6.07, 6.45) is -1.97. The second-order valence-electron chi connectivity index (χ2n) is 8.24. The van der Waals surface area contributed by atoms with Crippen LogP contribution in [0.4, 0.5) is 24.5 Å². The van der Waals surface area contributed by atoms with Crippen LogP contribution in [0.3, 0.4) is 0 Å². The second-order valence-corrected chi connectivity index (χ2v) is 8.24. The van der Waals surface area contributed by atoms with Gasteiger partial charge in [0.15, 0.2) is 11.5 Å². The fourth-order valence-electron chi connectivity index (χ4n) is 4.06. The molecule has 3 aromatic rings. The first-order chi connectivity index (χ1) is 17.2. The lowest BCUT2D eigenvalue weighted by molar-refractivity contribution is -0.137. The van der Waals surface area contributed by atoms with Gasteiger partial charge in [-0.15, -0.1) is 0 Å². The number of carbonyl (C=O) groups excluding carboxylic acids is 2. The van der Waals surface area contributed by atoms with Gasteiger partial charge in [-0.05, 0) is 42.7 Å². The van der Waals surface area contributed by atoms with Gasteiger partial charge in [0, 0.05) is 24.5 Å². The number of aryl methyl sites for hydroxylation is 1. The van der Waals surface area contributed by atoms with Gasteiger partial charge in [0.05, 0.1) is 43.1 Å². The molecule has 4 rings (SSSR count). The minimum absolute atomic E-state index is 0.203. The second kappa shape index (κ2) is 10.3. The van der Waals surface area contributed by atoms with E-state index in [2.05, 4.69) is 10.3 Å². The number of amides is 2. The highest BCUT2D eigenvalue weighted by molar-refractivity contribution is 6.05. The molecule has 188 valence electrons. The number of ether oxygens (including phenoxy) is 2. The zero-order valence-electron chi connectivity index (χ0n) is 19.7. The van der Waals surface area contributed by atoms with E-state index in [0.717, 1.165) is 12.1 Å². The standard InChI is InChI=1S/C26H24F3N3O4/c1-35-22-9-8-19(14-23(22)36-2)31-25(34)17-13-21-20(30-15-17)7-4-10-32(21)24(33)12-16-5-3-6-18(11-16)26(27,28)29/h3,5-6,8-9,11,13-15H,4,7,10,12H2,1-2H3,(H,31,34). The van der Waals surface area contributed by atoms with Crippen LogP contribution < -0.4 is 19.7 Å². The van der Waals surface area contributed by atoms with Crippen molar-refractivity contribution in [2.75, 3.05) is 31.0 Å². The molecule has 1 aromatic heterocycles. The van der Waals surface area contributed by atoms with Crippen molar-refractivity contribution in [1.29, 1.82) is 0 Å². The molecular weight excluding hydrogens is 475 g/mol. The number of hydrogen-bond acceptors (Lipinski definition) is 5. The summed E-state index contributed by atoms with van der Waals surface area (Å²) in [5.74, 6) is 0.161. The summed E-state index contributed by atoms with van der Waals surface area (Å²) >= 11 is 0. The number of pyridine rings is 1. The third kappa shape index (κ3) is 5.42. The summed E-state index contributed by atoms with van der Waals surface area (Å²) < 4.78 is 49.6. The molecule has 7 nitrogen and oxygen atoms in total. The molecule has 36 heavy (non-hydrogen) atoms. The summed E-state index contributed by atoms with van der Waals surface area (Å²) in [5, 5.41) is 2.77. The molecule has 0 fully saturated rings. The van der Waals surface area contributed by atoms with E-state index in [0.29, 0.717) is 48.0 Å². The molecule has 0 spiro atoms. The Morgan fingerprint density at radius 3 is 2.56 bits per heavy atom. The van der Waals surface area contributed by atoms with Crippen LogP contribution in [0.25, 0.3) is 0 Å². The first-order valence-electron chi connectivity index (χ1n) is 11.2.